The summed E-state index contributed by atoms with van der Waals surface area (Å²) in [6.07, 6.45) is 0. The van der Waals surface area contributed by atoms with E-state index in [1.54, 1.807) is 0 Å². The molecule has 3 rings (SSSR count). The van der Waals surface area contributed by atoms with Gasteiger partial charge in [-0.05, 0) is 28.9 Å². The Kier molecular flexibility index (Phi) is 4.03. The van der Waals surface area contributed by atoms with Crippen LogP contribution in [0.25, 0.3) is 10.7 Å². The molecule has 2 aromatic rings. The average Bonchev–Trinajstić information content (AvgIpc) is 2.97. The first-order valence-corrected chi connectivity index (χ1v) is 9.00. The Labute approximate surface area is 133 Å². The van der Waals surface area contributed by atoms with Crippen LogP contribution in [0, 0.1) is 0 Å². The molecule has 100 valence electrons. The molecule has 0 saturated heterocycles. The molecule has 1 aliphatic rings. The van der Waals surface area contributed by atoms with Gasteiger partial charge in [0.1, 0.15) is 10.2 Å². The van der Waals surface area contributed by atoms with Gasteiger partial charge >= 0.3 is 0 Å². The summed E-state index contributed by atoms with van der Waals surface area (Å²) in [5, 5.41) is 3.33. The highest BCUT2D eigenvalue weighted by molar-refractivity contribution is 9.10. The van der Waals surface area contributed by atoms with E-state index in [0.29, 0.717) is 0 Å². The minimum atomic E-state index is 0.735. The van der Waals surface area contributed by atoms with Crippen molar-refractivity contribution in [3.8, 4) is 10.7 Å². The van der Waals surface area contributed by atoms with Crippen molar-refractivity contribution in [3.63, 3.8) is 0 Å². The fraction of sp³-hybridized carbons (Fsp3) is 0.333. The van der Waals surface area contributed by atoms with Crippen LogP contribution in [0.15, 0.2) is 10.5 Å². The first-order valence-electron chi connectivity index (χ1n) is 5.85. The largest absolute Gasteiger partial charge is 0.370 e. The van der Waals surface area contributed by atoms with Crippen molar-refractivity contribution in [1.29, 1.82) is 0 Å². The molecule has 3 heterocycles. The van der Waals surface area contributed by atoms with Crippen molar-refractivity contribution < 1.29 is 0 Å². The van der Waals surface area contributed by atoms with Crippen molar-refractivity contribution in [3.05, 3.63) is 26.1 Å². The molecule has 0 saturated carbocycles. The molecule has 2 aromatic heterocycles. The van der Waals surface area contributed by atoms with Gasteiger partial charge in [0.2, 0.25) is 0 Å². The van der Waals surface area contributed by atoms with Gasteiger partial charge in [-0.1, -0.05) is 11.6 Å². The molecule has 0 bridgehead atoms. The zero-order valence-corrected chi connectivity index (χ0v) is 14.1. The molecular weight excluding hydrogens is 366 g/mol. The molecule has 1 aliphatic heterocycles. The number of thiophene rings is 1. The smallest absolute Gasteiger partial charge is 0.171 e. The van der Waals surface area contributed by atoms with Crippen LogP contribution in [0.2, 0.25) is 4.34 Å². The summed E-state index contributed by atoms with van der Waals surface area (Å²) in [5.41, 5.74) is 2.39. The second-order valence-electron chi connectivity index (χ2n) is 4.08. The molecule has 0 spiro atoms. The van der Waals surface area contributed by atoms with Crippen LogP contribution < -0.4 is 5.32 Å². The van der Waals surface area contributed by atoms with Crippen molar-refractivity contribution in [1.82, 2.24) is 9.97 Å². The number of nitrogens with zero attached hydrogens (tertiary/aromatic N) is 2. The maximum atomic E-state index is 6.09. The zero-order valence-electron chi connectivity index (χ0n) is 10.2. The summed E-state index contributed by atoms with van der Waals surface area (Å²) in [5.74, 6) is 3.68. The van der Waals surface area contributed by atoms with E-state index < -0.39 is 0 Å². The fourth-order valence-electron chi connectivity index (χ4n) is 1.93. The minimum Gasteiger partial charge on any atom is -0.370 e. The maximum absolute atomic E-state index is 6.09. The lowest BCUT2D eigenvalue weighted by molar-refractivity contribution is 1.05. The number of anilines is 1. The Bertz CT molecular complexity index is 610. The molecule has 0 fully saturated rings. The van der Waals surface area contributed by atoms with Crippen molar-refractivity contribution in [2.75, 3.05) is 11.9 Å². The van der Waals surface area contributed by atoms with E-state index >= 15 is 0 Å². The third-order valence-electron chi connectivity index (χ3n) is 2.79. The van der Waals surface area contributed by atoms with Crippen LogP contribution in [0.5, 0.6) is 0 Å². The molecule has 0 unspecified atom stereocenters. The van der Waals surface area contributed by atoms with Crippen LogP contribution >= 0.6 is 50.6 Å². The first kappa shape index (κ1) is 13.7. The fourth-order valence-corrected chi connectivity index (χ4v) is 4.61. The third-order valence-corrected chi connectivity index (χ3v) is 6.23. The first-order chi connectivity index (χ1) is 9.19. The number of nitrogens with one attached hydrogen (secondary N) is 1. The SMILES string of the molecule is CCNc1nc(-c2cc(Br)c(Cl)s2)nc2c1CSC2. The summed E-state index contributed by atoms with van der Waals surface area (Å²) in [4.78, 5) is 10.3. The Morgan fingerprint density at radius 3 is 2.95 bits per heavy atom. The van der Waals surface area contributed by atoms with E-state index in [0.717, 1.165) is 49.1 Å². The van der Waals surface area contributed by atoms with E-state index in [4.69, 9.17) is 11.6 Å². The van der Waals surface area contributed by atoms with E-state index in [1.807, 2.05) is 17.8 Å². The summed E-state index contributed by atoms with van der Waals surface area (Å²) >= 11 is 12.9. The highest BCUT2D eigenvalue weighted by atomic mass is 79.9. The van der Waals surface area contributed by atoms with Crippen LogP contribution in [0.1, 0.15) is 18.2 Å². The number of halogens is 2. The highest BCUT2D eigenvalue weighted by Crippen LogP contribution is 2.39. The molecule has 7 heteroatoms. The topological polar surface area (TPSA) is 37.8 Å². The zero-order chi connectivity index (χ0) is 13.4. The molecule has 3 nitrogen and oxygen atoms in total. The van der Waals surface area contributed by atoms with Gasteiger partial charge in [-0.3, -0.25) is 0 Å². The molecule has 0 aliphatic carbocycles. The normalized spacial score (nSPS) is 13.6. The van der Waals surface area contributed by atoms with Gasteiger partial charge < -0.3 is 5.32 Å². The molecule has 0 amide bonds. The Morgan fingerprint density at radius 2 is 2.26 bits per heavy atom. The standard InChI is InChI=1S/C12H11BrClN3S2/c1-2-15-11-6-4-18-5-8(6)16-12(17-11)9-3-7(13)10(14)19-9/h3H,2,4-5H2,1H3,(H,15,16,17). The van der Waals surface area contributed by atoms with Gasteiger partial charge in [0.05, 0.1) is 10.6 Å². The van der Waals surface area contributed by atoms with Crippen LogP contribution in [0.4, 0.5) is 5.82 Å². The summed E-state index contributed by atoms with van der Waals surface area (Å²) in [6.45, 7) is 2.94. The van der Waals surface area contributed by atoms with E-state index in [9.17, 15) is 0 Å². The lowest BCUT2D eigenvalue weighted by atomic mass is 10.2. The quantitative estimate of drug-likeness (QED) is 0.835. The Hall–Kier alpha value is -0.300. The van der Waals surface area contributed by atoms with E-state index in [-0.39, 0.29) is 0 Å². The molecule has 0 aromatic carbocycles. The second-order valence-corrected chi connectivity index (χ2v) is 7.57. The van der Waals surface area contributed by atoms with Gasteiger partial charge in [0.25, 0.3) is 0 Å². The highest BCUT2D eigenvalue weighted by Gasteiger charge is 2.21. The molecular formula is C12H11BrClN3S2. The number of hydrogen-bond acceptors (Lipinski definition) is 5. The predicted molar refractivity (Wildman–Crippen MR) is 87.2 cm³/mol. The van der Waals surface area contributed by atoms with E-state index in [1.165, 1.54) is 16.9 Å². The summed E-state index contributed by atoms with van der Waals surface area (Å²) in [7, 11) is 0. The summed E-state index contributed by atoms with van der Waals surface area (Å²) in [6, 6.07) is 1.98. The molecule has 0 radical (unpaired) electrons. The van der Waals surface area contributed by atoms with Gasteiger partial charge in [0, 0.05) is 28.1 Å². The van der Waals surface area contributed by atoms with Crippen LogP contribution in [0.3, 0.4) is 0 Å². The number of aromatic nitrogens is 2. The average molecular weight is 377 g/mol. The predicted octanol–water partition coefficient (Wildman–Crippen LogP) is 4.80. The lowest BCUT2D eigenvalue weighted by Gasteiger charge is -2.09. The van der Waals surface area contributed by atoms with E-state index in [2.05, 4.69) is 38.1 Å². The van der Waals surface area contributed by atoms with Crippen LogP contribution in [-0.2, 0) is 11.5 Å². The Balaban J connectivity index is 2.09. The molecule has 1 N–H and O–H groups in total. The molecule has 19 heavy (non-hydrogen) atoms. The summed E-state index contributed by atoms with van der Waals surface area (Å²) < 4.78 is 1.64. The number of thioether (sulfide) groups is 1. The van der Waals surface area contributed by atoms with Crippen molar-refractivity contribution in [2.24, 2.45) is 0 Å². The van der Waals surface area contributed by atoms with Gasteiger partial charge in [-0.15, -0.1) is 11.3 Å². The number of rotatable bonds is 3. The number of hydrogen-bond donors (Lipinski definition) is 1. The van der Waals surface area contributed by atoms with Crippen LogP contribution in [-0.4, -0.2) is 16.5 Å². The Morgan fingerprint density at radius 1 is 1.42 bits per heavy atom. The second kappa shape index (κ2) is 5.60. The van der Waals surface area contributed by atoms with Gasteiger partial charge in [-0.25, -0.2) is 9.97 Å². The van der Waals surface area contributed by atoms with Crippen molar-refractivity contribution >= 4 is 56.4 Å². The van der Waals surface area contributed by atoms with Gasteiger partial charge in [0.15, 0.2) is 5.82 Å². The monoisotopic (exact) mass is 375 g/mol. The van der Waals surface area contributed by atoms with Gasteiger partial charge in [-0.2, -0.15) is 11.8 Å². The lowest BCUT2D eigenvalue weighted by Crippen LogP contribution is -2.06. The third kappa shape index (κ3) is 2.63. The molecule has 0 atom stereocenters. The maximum Gasteiger partial charge on any atom is 0.171 e. The number of fused-ring (bicyclic) bond motifs is 1. The van der Waals surface area contributed by atoms with Crippen molar-refractivity contribution in [2.45, 2.75) is 18.4 Å². The minimum absolute atomic E-state index is 0.735.